The molecule has 0 spiro atoms. The topological polar surface area (TPSA) is 67.0 Å². The Kier molecular flexibility index (Phi) is 3.93. The van der Waals surface area contributed by atoms with Crippen LogP contribution in [0.4, 0.5) is 5.82 Å². The van der Waals surface area contributed by atoms with E-state index in [0.29, 0.717) is 17.3 Å². The van der Waals surface area contributed by atoms with Gasteiger partial charge in [-0.25, -0.2) is 0 Å². The Hall–Kier alpha value is -2.79. The van der Waals surface area contributed by atoms with Gasteiger partial charge in [0, 0.05) is 28.5 Å². The average molecular weight is 354 g/mol. The van der Waals surface area contributed by atoms with Crippen LogP contribution < -0.4 is 10.1 Å². The summed E-state index contributed by atoms with van der Waals surface area (Å²) in [4.78, 5) is 12.1. The lowest BCUT2D eigenvalue weighted by molar-refractivity contribution is -0.116. The molecule has 1 atom stereocenters. The summed E-state index contributed by atoms with van der Waals surface area (Å²) >= 11 is 5.99. The number of hydrogen-bond donors (Lipinski definition) is 2. The molecule has 1 aromatic heterocycles. The maximum absolute atomic E-state index is 12.1. The second-order valence-electron chi connectivity index (χ2n) is 5.95. The first kappa shape index (κ1) is 15.7. The monoisotopic (exact) mass is 353 g/mol. The summed E-state index contributed by atoms with van der Waals surface area (Å²) < 4.78 is 5.23. The summed E-state index contributed by atoms with van der Waals surface area (Å²) in [6, 6.07) is 15.4. The van der Waals surface area contributed by atoms with Crippen molar-refractivity contribution in [3.05, 3.63) is 64.7 Å². The van der Waals surface area contributed by atoms with Gasteiger partial charge in [-0.3, -0.25) is 9.89 Å². The van der Waals surface area contributed by atoms with E-state index in [9.17, 15) is 4.79 Å². The fourth-order valence-electron chi connectivity index (χ4n) is 3.21. The Morgan fingerprint density at radius 2 is 1.84 bits per heavy atom. The molecule has 0 fully saturated rings. The van der Waals surface area contributed by atoms with Crippen LogP contribution in [0, 0.1) is 0 Å². The number of hydrogen-bond acceptors (Lipinski definition) is 3. The largest absolute Gasteiger partial charge is 0.497 e. The molecule has 0 radical (unpaired) electrons. The van der Waals surface area contributed by atoms with E-state index in [1.54, 1.807) is 7.11 Å². The lowest BCUT2D eigenvalue weighted by Crippen LogP contribution is -2.23. The fraction of sp³-hybridized carbons (Fsp3) is 0.158. The van der Waals surface area contributed by atoms with Crippen molar-refractivity contribution < 1.29 is 9.53 Å². The molecule has 4 rings (SSSR count). The van der Waals surface area contributed by atoms with Crippen LogP contribution in [0.1, 0.15) is 23.5 Å². The SMILES string of the molecule is COc1ccc(C2CC(=O)Nc3n[nH]c(-c4ccc(Cl)cc4)c32)cc1. The van der Waals surface area contributed by atoms with E-state index in [1.165, 1.54) is 0 Å². The molecule has 0 bridgehead atoms. The van der Waals surface area contributed by atoms with Crippen molar-refractivity contribution in [3.8, 4) is 17.0 Å². The summed E-state index contributed by atoms with van der Waals surface area (Å²) in [6.07, 6.45) is 0.374. The van der Waals surface area contributed by atoms with E-state index < -0.39 is 0 Å². The highest BCUT2D eigenvalue weighted by Crippen LogP contribution is 2.42. The zero-order valence-corrected chi connectivity index (χ0v) is 14.3. The van der Waals surface area contributed by atoms with Crippen LogP contribution in [-0.2, 0) is 4.79 Å². The number of aromatic nitrogens is 2. The number of rotatable bonds is 3. The van der Waals surface area contributed by atoms with Crippen LogP contribution in [0.3, 0.4) is 0 Å². The van der Waals surface area contributed by atoms with Gasteiger partial charge >= 0.3 is 0 Å². The second-order valence-corrected chi connectivity index (χ2v) is 6.38. The van der Waals surface area contributed by atoms with Gasteiger partial charge < -0.3 is 10.1 Å². The van der Waals surface area contributed by atoms with Crippen molar-refractivity contribution in [1.82, 2.24) is 10.2 Å². The molecule has 2 heterocycles. The van der Waals surface area contributed by atoms with E-state index in [-0.39, 0.29) is 11.8 Å². The van der Waals surface area contributed by atoms with Crippen LogP contribution in [0.5, 0.6) is 5.75 Å². The molecule has 5 nitrogen and oxygen atoms in total. The Morgan fingerprint density at radius 1 is 1.12 bits per heavy atom. The van der Waals surface area contributed by atoms with Crippen LogP contribution in [0.2, 0.25) is 5.02 Å². The smallest absolute Gasteiger partial charge is 0.226 e. The van der Waals surface area contributed by atoms with Gasteiger partial charge in [0.25, 0.3) is 0 Å². The molecule has 0 aliphatic carbocycles. The van der Waals surface area contributed by atoms with Crippen molar-refractivity contribution in [2.45, 2.75) is 12.3 Å². The van der Waals surface area contributed by atoms with E-state index in [0.717, 1.165) is 28.1 Å². The minimum Gasteiger partial charge on any atom is -0.497 e. The third-order valence-electron chi connectivity index (χ3n) is 4.45. The quantitative estimate of drug-likeness (QED) is 0.741. The van der Waals surface area contributed by atoms with Crippen molar-refractivity contribution in [3.63, 3.8) is 0 Å². The number of carbonyl (C=O) groups excluding carboxylic acids is 1. The standard InChI is InChI=1S/C19H16ClN3O2/c1-25-14-8-4-11(5-9-14)15-10-16(24)21-19-17(15)18(22-23-19)12-2-6-13(20)7-3-12/h2-9,15H,10H2,1H3,(H2,21,22,23,24). The van der Waals surface area contributed by atoms with Gasteiger partial charge in [-0.15, -0.1) is 0 Å². The maximum Gasteiger partial charge on any atom is 0.226 e. The molecule has 126 valence electrons. The number of fused-ring (bicyclic) bond motifs is 1. The number of aromatic amines is 1. The molecular formula is C19H16ClN3O2. The highest BCUT2D eigenvalue weighted by Gasteiger charge is 2.32. The van der Waals surface area contributed by atoms with Gasteiger partial charge in [0.1, 0.15) is 5.75 Å². The van der Waals surface area contributed by atoms with Gasteiger partial charge in [0.2, 0.25) is 5.91 Å². The predicted molar refractivity (Wildman–Crippen MR) is 97.1 cm³/mol. The van der Waals surface area contributed by atoms with E-state index in [2.05, 4.69) is 15.5 Å². The predicted octanol–water partition coefficient (Wildman–Crippen LogP) is 4.21. The van der Waals surface area contributed by atoms with Crippen LogP contribution in [0.15, 0.2) is 48.5 Å². The second kappa shape index (κ2) is 6.26. The Balaban J connectivity index is 1.82. The molecule has 0 saturated heterocycles. The normalized spacial score (nSPS) is 16.2. The first-order chi connectivity index (χ1) is 12.2. The van der Waals surface area contributed by atoms with Gasteiger partial charge in [0.15, 0.2) is 5.82 Å². The number of nitrogens with zero attached hydrogens (tertiary/aromatic N) is 1. The fourth-order valence-corrected chi connectivity index (χ4v) is 3.34. The summed E-state index contributed by atoms with van der Waals surface area (Å²) in [5.74, 6) is 1.26. The van der Waals surface area contributed by atoms with E-state index in [1.807, 2.05) is 48.5 Å². The van der Waals surface area contributed by atoms with Crippen LogP contribution >= 0.6 is 11.6 Å². The highest BCUT2D eigenvalue weighted by molar-refractivity contribution is 6.30. The highest BCUT2D eigenvalue weighted by atomic mass is 35.5. The summed E-state index contributed by atoms with van der Waals surface area (Å²) in [5.41, 5.74) is 3.92. The van der Waals surface area contributed by atoms with Crippen molar-refractivity contribution in [1.29, 1.82) is 0 Å². The summed E-state index contributed by atoms with van der Waals surface area (Å²) in [7, 11) is 1.63. The minimum absolute atomic E-state index is 0.0394. The first-order valence-electron chi connectivity index (χ1n) is 7.93. The van der Waals surface area contributed by atoms with Gasteiger partial charge in [0.05, 0.1) is 12.8 Å². The molecule has 2 N–H and O–H groups in total. The Morgan fingerprint density at radius 3 is 2.52 bits per heavy atom. The van der Waals surface area contributed by atoms with Crippen LogP contribution in [0.25, 0.3) is 11.3 Å². The summed E-state index contributed by atoms with van der Waals surface area (Å²) in [6.45, 7) is 0. The Labute approximate surface area is 150 Å². The molecule has 3 aromatic rings. The zero-order chi connectivity index (χ0) is 17.4. The number of halogens is 1. The molecule has 2 aromatic carbocycles. The first-order valence-corrected chi connectivity index (χ1v) is 8.31. The number of carbonyl (C=O) groups is 1. The molecule has 25 heavy (non-hydrogen) atoms. The maximum atomic E-state index is 12.1. The number of benzene rings is 2. The number of anilines is 1. The number of H-pyrrole nitrogens is 1. The minimum atomic E-state index is -0.0703. The molecular weight excluding hydrogens is 338 g/mol. The molecule has 6 heteroatoms. The lowest BCUT2D eigenvalue weighted by atomic mass is 9.84. The molecule has 1 amide bonds. The third kappa shape index (κ3) is 2.87. The number of methoxy groups -OCH3 is 1. The van der Waals surface area contributed by atoms with Gasteiger partial charge in [-0.05, 0) is 29.8 Å². The van der Waals surface area contributed by atoms with Crippen LogP contribution in [-0.4, -0.2) is 23.2 Å². The summed E-state index contributed by atoms with van der Waals surface area (Å²) in [5, 5.41) is 10.9. The van der Waals surface area contributed by atoms with Crippen molar-refractivity contribution in [2.75, 3.05) is 12.4 Å². The molecule has 1 aliphatic heterocycles. The number of amides is 1. The van der Waals surface area contributed by atoms with Crippen molar-refractivity contribution in [2.24, 2.45) is 0 Å². The average Bonchev–Trinajstić information content (AvgIpc) is 3.05. The van der Waals surface area contributed by atoms with E-state index >= 15 is 0 Å². The zero-order valence-electron chi connectivity index (χ0n) is 13.5. The molecule has 0 saturated carbocycles. The molecule has 1 unspecified atom stereocenters. The number of ether oxygens (including phenoxy) is 1. The van der Waals surface area contributed by atoms with Gasteiger partial charge in [-0.2, -0.15) is 5.10 Å². The number of nitrogens with one attached hydrogen (secondary N) is 2. The van der Waals surface area contributed by atoms with Crippen molar-refractivity contribution >= 4 is 23.3 Å². The molecule has 1 aliphatic rings. The van der Waals surface area contributed by atoms with E-state index in [4.69, 9.17) is 16.3 Å². The van der Waals surface area contributed by atoms with Gasteiger partial charge in [-0.1, -0.05) is 35.9 Å². The third-order valence-corrected chi connectivity index (χ3v) is 4.70. The Bertz CT molecular complexity index is 917. The lowest BCUT2D eigenvalue weighted by Gasteiger charge is -2.23.